The smallest absolute Gasteiger partial charge is 0.135 e. The molecule has 1 unspecified atom stereocenters. The van der Waals surface area contributed by atoms with Gasteiger partial charge in [-0.2, -0.15) is 0 Å². The van der Waals surface area contributed by atoms with Crippen LogP contribution in [0, 0.1) is 13.8 Å². The summed E-state index contributed by atoms with van der Waals surface area (Å²) in [5, 5.41) is 4.50. The number of para-hydroxylation sites is 2. The van der Waals surface area contributed by atoms with Crippen LogP contribution in [0.15, 0.2) is 330 Å². The van der Waals surface area contributed by atoms with Crippen LogP contribution >= 0.6 is 0 Å². The number of aryl methyl sites for hydroxylation is 6. The summed E-state index contributed by atoms with van der Waals surface area (Å²) in [5.41, 5.74) is 48.7. The molecule has 0 radical (unpaired) electrons. The molecule has 1 atom stereocenters. The minimum atomic E-state index is -0.648. The zero-order valence-electron chi connectivity index (χ0n) is 71.6. The molecule has 0 N–H and O–H groups in total. The Morgan fingerprint density at radius 1 is 0.242 bits per heavy atom. The van der Waals surface area contributed by atoms with Crippen molar-refractivity contribution in [3.05, 3.63) is 411 Å². The molecule has 0 aliphatic heterocycles. The first-order valence-electron chi connectivity index (χ1n) is 46.3. The minimum Gasteiger partial charge on any atom is -0.456 e. The van der Waals surface area contributed by atoms with Crippen molar-refractivity contribution in [2.45, 2.75) is 160 Å². The number of unbranched alkanes of at least 4 members (excludes halogenated alkanes) is 10. The largest absolute Gasteiger partial charge is 0.456 e. The Morgan fingerprint density at radius 2 is 0.589 bits per heavy atom. The molecular weight excluding hydrogens is 1500 g/mol. The lowest BCUT2D eigenvalue weighted by molar-refractivity contribution is 0.398. The van der Waals surface area contributed by atoms with Crippen molar-refractivity contribution in [2.24, 2.45) is 0 Å². The van der Waals surface area contributed by atoms with Crippen LogP contribution in [0.1, 0.15) is 193 Å². The van der Waals surface area contributed by atoms with E-state index in [2.05, 4.69) is 342 Å². The second-order valence-corrected chi connectivity index (χ2v) is 37.0. The topological polar surface area (TPSA) is 29.5 Å². The van der Waals surface area contributed by atoms with E-state index in [1.54, 1.807) is 0 Å². The number of hydrogen-bond donors (Lipinski definition) is 0. The van der Waals surface area contributed by atoms with Crippen molar-refractivity contribution < 1.29 is 8.83 Å². The molecule has 3 nitrogen and oxygen atoms in total. The fourth-order valence-electron chi connectivity index (χ4n) is 23.7. The Kier molecular flexibility index (Phi) is 17.8. The Morgan fingerprint density at radius 3 is 1.06 bits per heavy atom. The molecule has 1 spiro atoms. The first-order chi connectivity index (χ1) is 61.1. The van der Waals surface area contributed by atoms with E-state index in [1.165, 1.54) is 246 Å². The van der Waals surface area contributed by atoms with Crippen molar-refractivity contribution in [1.82, 2.24) is 0 Å². The summed E-state index contributed by atoms with van der Waals surface area (Å²) < 4.78 is 12.7. The van der Waals surface area contributed by atoms with Crippen LogP contribution in [-0.4, -0.2) is 0 Å². The average Bonchev–Trinajstić information content (AvgIpc) is 1.50. The van der Waals surface area contributed by atoms with E-state index < -0.39 is 10.8 Å². The Labute approximate surface area is 728 Å². The lowest BCUT2D eigenvalue weighted by Gasteiger charge is -2.37. The third kappa shape index (κ3) is 11.6. The van der Waals surface area contributed by atoms with Crippen LogP contribution in [0.2, 0.25) is 0 Å². The number of furan rings is 2. The molecule has 24 rings (SSSR count). The maximum atomic E-state index is 6.34. The van der Waals surface area contributed by atoms with Crippen molar-refractivity contribution >= 4 is 60.9 Å². The predicted molar refractivity (Wildman–Crippen MR) is 518 cm³/mol. The van der Waals surface area contributed by atoms with E-state index in [1.807, 2.05) is 12.1 Å². The highest BCUT2D eigenvalue weighted by Crippen LogP contribution is 2.66. The van der Waals surface area contributed by atoms with Gasteiger partial charge in [0.2, 0.25) is 0 Å². The zero-order valence-corrected chi connectivity index (χ0v) is 71.6. The third-order valence-corrected chi connectivity index (χ3v) is 30.1. The summed E-state index contributed by atoms with van der Waals surface area (Å²) in [4.78, 5) is 2.49. The fourth-order valence-corrected chi connectivity index (χ4v) is 23.7. The van der Waals surface area contributed by atoms with Gasteiger partial charge in [0.25, 0.3) is 0 Å². The quantitative estimate of drug-likeness (QED) is 0.0598. The van der Waals surface area contributed by atoms with Gasteiger partial charge in [-0.15, -0.1) is 0 Å². The summed E-state index contributed by atoms with van der Waals surface area (Å²) in [6.07, 6.45) is 22.1. The first-order valence-corrected chi connectivity index (χ1v) is 46.3. The van der Waals surface area contributed by atoms with Gasteiger partial charge in [0.1, 0.15) is 22.3 Å². The summed E-state index contributed by atoms with van der Waals surface area (Å²) >= 11 is 0. The molecule has 2 heterocycles. The van der Waals surface area contributed by atoms with Gasteiger partial charge in [0, 0.05) is 44.0 Å². The van der Waals surface area contributed by atoms with E-state index in [4.69, 9.17) is 8.83 Å². The van der Waals surface area contributed by atoms with Gasteiger partial charge in [-0.3, -0.25) is 0 Å². The van der Waals surface area contributed by atoms with Gasteiger partial charge in [-0.05, 0) is 316 Å². The molecule has 6 aliphatic rings. The second kappa shape index (κ2) is 29.6. The Bertz CT molecular complexity index is 7150. The maximum absolute atomic E-state index is 6.34. The van der Waals surface area contributed by atoms with Crippen molar-refractivity contribution in [2.75, 3.05) is 4.90 Å². The molecule has 0 saturated heterocycles. The van der Waals surface area contributed by atoms with Crippen LogP contribution < -0.4 is 4.90 Å². The fraction of sp³-hybridized carbons (Fsp3) is 0.207. The standard InChI is InChI=1S/C121H101NO2/c1-5-7-9-11-13-21-63-119(64-22-14-12-10-8-6-2)108-71-86(88-43-58-100-98-54-29-76(3)65-110(98)120(112(100)73-88,90-47-35-78-31-33-82(78)67-90)91-48-36-79-32-34-83(79)68-91)41-56-96(108)97-57-42-87(72-109(97)119)89-44-59-101-99-55-30-77(4)66-111(99)121(113(101)74-89)107-26-18-15-23-95(107)102-60-53-94(75-114(102)121)122(92-49-37-80(38-50-92)84-45-61-117-105(69-84)103-24-16-19-27-115(103)123-117)93-51-39-81(40-52-93)85-46-62-118-106(70-85)104-25-17-20-28-116(104)124-118/h15-20,23-30,35-62,65-75H,5-14,21-22,31-34,63-64H2,1-4H3. The zero-order chi connectivity index (χ0) is 82.5. The Balaban J connectivity index is 0.649. The normalized spacial score (nSPS) is 15.3. The summed E-state index contributed by atoms with van der Waals surface area (Å²) in [7, 11) is 0. The van der Waals surface area contributed by atoms with Crippen molar-refractivity contribution in [3.8, 4) is 89.0 Å². The SMILES string of the molecule is CCCCCCCCC1(CCCCCCCC)c2cc(-c3ccc4c(c3)C(c3ccc5c(c3)CC5)(c3ccc5c(c3)CC5)c3cc(C)ccc3-4)ccc2-c2ccc(-c3ccc4c(c3)C3(c5ccccc5-c5ccc(N(c6ccc(-c7ccc8oc9ccccc9c8c7)cc6)c6ccc(-c7ccc8oc9ccccc9c8c7)cc6)cc53)c3cc(C)ccc3-4)cc21. The highest BCUT2D eigenvalue weighted by molar-refractivity contribution is 6.08. The van der Waals surface area contributed by atoms with Crippen LogP contribution in [-0.2, 0) is 41.9 Å². The van der Waals surface area contributed by atoms with Gasteiger partial charge >= 0.3 is 0 Å². The highest BCUT2D eigenvalue weighted by atomic mass is 16.3. The van der Waals surface area contributed by atoms with E-state index >= 15 is 0 Å². The van der Waals surface area contributed by atoms with Crippen molar-refractivity contribution in [1.29, 1.82) is 0 Å². The van der Waals surface area contributed by atoms with Crippen molar-refractivity contribution in [3.63, 3.8) is 0 Å². The molecule has 124 heavy (non-hydrogen) atoms. The van der Waals surface area contributed by atoms with Gasteiger partial charge < -0.3 is 13.7 Å². The van der Waals surface area contributed by atoms with Gasteiger partial charge in [0.05, 0.1) is 10.8 Å². The number of anilines is 3. The van der Waals surface area contributed by atoms with Crippen LogP contribution in [0.4, 0.5) is 17.1 Å². The molecule has 0 fully saturated rings. The number of benzene rings is 16. The number of nitrogens with zero attached hydrogens (tertiary/aromatic N) is 1. The summed E-state index contributed by atoms with van der Waals surface area (Å²) in [6.45, 7) is 9.29. The van der Waals surface area contributed by atoms with Gasteiger partial charge in [0.15, 0.2) is 0 Å². The molecule has 18 aromatic rings. The Hall–Kier alpha value is -13.1. The molecule has 2 aromatic heterocycles. The number of fused-ring (bicyclic) bond motifs is 24. The van der Waals surface area contributed by atoms with E-state index in [9.17, 15) is 0 Å². The van der Waals surface area contributed by atoms with E-state index in [0.717, 1.165) is 109 Å². The van der Waals surface area contributed by atoms with Crippen LogP contribution in [0.5, 0.6) is 0 Å². The minimum absolute atomic E-state index is 0.190. The lowest BCUT2D eigenvalue weighted by Crippen LogP contribution is -2.30. The number of hydrogen-bond acceptors (Lipinski definition) is 3. The second-order valence-electron chi connectivity index (χ2n) is 37.0. The summed E-state index contributed by atoms with van der Waals surface area (Å²) in [6, 6.07) is 126. The first kappa shape index (κ1) is 74.7. The molecule has 0 bridgehead atoms. The number of rotatable bonds is 23. The van der Waals surface area contributed by atoms with Gasteiger partial charge in [-0.25, -0.2) is 0 Å². The monoisotopic (exact) mass is 1600 g/mol. The highest BCUT2D eigenvalue weighted by Gasteiger charge is 2.53. The molecular formula is C121H101NO2. The maximum Gasteiger partial charge on any atom is 0.135 e. The average molecular weight is 1600 g/mol. The molecule has 16 aromatic carbocycles. The predicted octanol–water partition coefficient (Wildman–Crippen LogP) is 32.9. The molecule has 602 valence electrons. The molecule has 3 heteroatoms. The molecule has 0 amide bonds. The summed E-state index contributed by atoms with van der Waals surface area (Å²) in [5.74, 6) is 0. The lowest BCUT2D eigenvalue weighted by atomic mass is 9.65. The van der Waals surface area contributed by atoms with Crippen LogP contribution in [0.25, 0.3) is 133 Å². The molecule has 0 saturated carbocycles. The van der Waals surface area contributed by atoms with E-state index in [-0.39, 0.29) is 5.41 Å². The van der Waals surface area contributed by atoms with Crippen LogP contribution in [0.3, 0.4) is 0 Å². The van der Waals surface area contributed by atoms with E-state index in [0.29, 0.717) is 0 Å². The third-order valence-electron chi connectivity index (χ3n) is 30.1. The molecule has 6 aliphatic carbocycles. The van der Waals surface area contributed by atoms with Gasteiger partial charge in [-0.1, -0.05) is 326 Å².